The molecule has 3 N–H and O–H groups in total. The van der Waals surface area contributed by atoms with Gasteiger partial charge in [0, 0.05) is 44.2 Å². The number of aliphatic carboxylic acids is 2. The smallest absolute Gasteiger partial charge is 0.487 e. The Kier molecular flexibility index (Phi) is 10.5. The van der Waals surface area contributed by atoms with E-state index >= 15 is 0 Å². The van der Waals surface area contributed by atoms with Gasteiger partial charge >= 0.3 is 24.3 Å². The summed E-state index contributed by atoms with van der Waals surface area (Å²) in [5.41, 5.74) is 2.72. The number of carboxylic acid groups (broad SMARTS) is 2. The van der Waals surface area contributed by atoms with E-state index < -0.39 is 24.3 Å². The highest BCUT2D eigenvalue weighted by Gasteiger charge is 2.43. The lowest BCUT2D eigenvalue weighted by Gasteiger charge is -2.47. The van der Waals surface area contributed by atoms with E-state index in [1.807, 2.05) is 0 Å². The van der Waals surface area contributed by atoms with Crippen LogP contribution in [0.1, 0.15) is 49.3 Å². The fraction of sp³-hybridized carbons (Fsp3) is 0.538. The van der Waals surface area contributed by atoms with Crippen molar-refractivity contribution in [2.24, 2.45) is 5.92 Å². The number of nitrogens with one attached hydrogen (secondary N) is 1. The van der Waals surface area contributed by atoms with Gasteiger partial charge in [-0.15, -0.1) is 0 Å². The third kappa shape index (κ3) is 9.66. The van der Waals surface area contributed by atoms with Crippen LogP contribution < -0.4 is 10.1 Å². The number of ether oxygens (including phenoxy) is 1. The van der Waals surface area contributed by atoms with Crippen LogP contribution >= 0.6 is 11.3 Å². The molecule has 1 aliphatic carbocycles. The number of carbonyl (C=O) groups is 2. The Balaban J connectivity index is 0.000000263. The summed E-state index contributed by atoms with van der Waals surface area (Å²) in [4.78, 5) is 20.5. The van der Waals surface area contributed by atoms with Crippen LogP contribution in [-0.4, -0.2) is 64.6 Å². The normalized spacial score (nSPS) is 20.2. The summed E-state index contributed by atoms with van der Waals surface area (Å²) in [5.74, 6) is -3.44. The highest BCUT2D eigenvalue weighted by Crippen LogP contribution is 2.44. The number of para-hydroxylation sites is 1. The molecule has 2 aliphatic heterocycles. The first kappa shape index (κ1) is 31.7. The minimum Gasteiger partial charge on any atom is -0.487 e. The molecule has 2 aromatic rings. The first-order valence-electron chi connectivity index (χ1n) is 12.5. The number of thiophene rings is 1. The van der Waals surface area contributed by atoms with Gasteiger partial charge in [0.25, 0.3) is 0 Å². The third-order valence-corrected chi connectivity index (χ3v) is 7.53. The number of hydrogen-bond donors (Lipinski definition) is 3. The number of hydrogen-bond acceptors (Lipinski definition) is 6. The number of halogens is 6. The number of carboxylic acids is 2. The predicted molar refractivity (Wildman–Crippen MR) is 134 cm³/mol. The summed E-state index contributed by atoms with van der Waals surface area (Å²) in [6, 6.07) is 11.2. The third-order valence-electron chi connectivity index (χ3n) is 6.80. The highest BCUT2D eigenvalue weighted by molar-refractivity contribution is 7.07. The lowest BCUT2D eigenvalue weighted by atomic mass is 9.80. The molecule has 0 amide bonds. The van der Waals surface area contributed by atoms with Gasteiger partial charge in [-0.3, -0.25) is 0 Å². The Hall–Kier alpha value is -2.84. The van der Waals surface area contributed by atoms with Gasteiger partial charge in [0.15, 0.2) is 0 Å². The topological polar surface area (TPSA) is 99.1 Å². The summed E-state index contributed by atoms with van der Waals surface area (Å²) in [6.07, 6.45) is -3.87. The maximum Gasteiger partial charge on any atom is 0.490 e. The zero-order valence-corrected chi connectivity index (χ0v) is 22.1. The van der Waals surface area contributed by atoms with E-state index in [2.05, 4.69) is 51.3 Å². The molecule has 222 valence electrons. The van der Waals surface area contributed by atoms with Crippen LogP contribution in [0.15, 0.2) is 41.1 Å². The van der Waals surface area contributed by atoms with Gasteiger partial charge in [-0.25, -0.2) is 9.59 Å². The van der Waals surface area contributed by atoms with Crippen LogP contribution in [-0.2, 0) is 16.1 Å². The van der Waals surface area contributed by atoms with Gasteiger partial charge in [-0.1, -0.05) is 18.2 Å². The first-order valence-corrected chi connectivity index (χ1v) is 13.5. The first-order chi connectivity index (χ1) is 18.7. The molecule has 7 nitrogen and oxygen atoms in total. The van der Waals surface area contributed by atoms with Crippen molar-refractivity contribution in [2.75, 3.05) is 19.6 Å². The van der Waals surface area contributed by atoms with Gasteiger partial charge in [-0.2, -0.15) is 37.7 Å². The minimum atomic E-state index is -5.08. The quantitative estimate of drug-likeness (QED) is 0.371. The van der Waals surface area contributed by atoms with Crippen molar-refractivity contribution in [3.63, 3.8) is 0 Å². The molecule has 1 atom stereocenters. The second-order valence-corrected chi connectivity index (χ2v) is 10.7. The second-order valence-electron chi connectivity index (χ2n) is 9.94. The molecular weight excluding hydrogens is 566 g/mol. The van der Waals surface area contributed by atoms with Gasteiger partial charge < -0.3 is 25.2 Å². The van der Waals surface area contributed by atoms with E-state index in [0.29, 0.717) is 6.04 Å². The van der Waals surface area contributed by atoms with Crippen molar-refractivity contribution in [1.29, 1.82) is 0 Å². The lowest BCUT2D eigenvalue weighted by Crippen LogP contribution is -2.52. The largest absolute Gasteiger partial charge is 0.490 e. The van der Waals surface area contributed by atoms with Crippen molar-refractivity contribution < 1.29 is 50.9 Å². The predicted octanol–water partition coefficient (Wildman–Crippen LogP) is 5.87. The number of fused-ring (bicyclic) bond motifs is 1. The summed E-state index contributed by atoms with van der Waals surface area (Å²) in [7, 11) is 0. The maximum absolute atomic E-state index is 10.6. The summed E-state index contributed by atoms with van der Waals surface area (Å²) in [5, 5.41) is 22.5. The number of likely N-dealkylation sites (tertiary alicyclic amines) is 1. The van der Waals surface area contributed by atoms with Gasteiger partial charge in [0.2, 0.25) is 0 Å². The van der Waals surface area contributed by atoms with E-state index in [-0.39, 0.29) is 5.60 Å². The molecule has 14 heteroatoms. The Morgan fingerprint density at radius 3 is 2.08 bits per heavy atom. The van der Waals surface area contributed by atoms with E-state index in [9.17, 15) is 26.3 Å². The van der Waals surface area contributed by atoms with Gasteiger partial charge in [0.05, 0.1) is 0 Å². The standard InChI is InChI=1S/C22H28N2OS.2C2HF3O2/c1-2-4-21-19(3-1)20(23-14-18-7-12-26-16-18)13-22(25-21)8-10-24(11-9-22)15-17-5-6-17;2*3-2(4,5)1(6)7/h1-4,7,12,16-17,20,23H,5-6,8-11,13-15H2;2*(H,6,7). The average Bonchev–Trinajstić information content (AvgIpc) is 3.54. The molecule has 3 aliphatic rings. The fourth-order valence-electron chi connectivity index (χ4n) is 4.55. The second kappa shape index (κ2) is 13.2. The van der Waals surface area contributed by atoms with Gasteiger partial charge in [0.1, 0.15) is 11.4 Å². The van der Waals surface area contributed by atoms with Crippen molar-refractivity contribution in [3.8, 4) is 5.75 Å². The molecular formula is C26H30F6N2O5S. The molecule has 0 bridgehead atoms. The molecule has 40 heavy (non-hydrogen) atoms. The molecule has 2 fully saturated rings. The number of nitrogens with zero attached hydrogens (tertiary/aromatic N) is 1. The lowest BCUT2D eigenvalue weighted by molar-refractivity contribution is -0.193. The SMILES string of the molecule is O=C(O)C(F)(F)F.O=C(O)C(F)(F)F.c1ccc2c(c1)OC1(CCN(CC3CC3)CC1)CC2NCc1ccsc1. The Bertz CT molecular complexity index is 1090. The Labute approximate surface area is 230 Å². The van der Waals surface area contributed by atoms with E-state index in [4.69, 9.17) is 24.5 Å². The summed E-state index contributed by atoms with van der Waals surface area (Å²) >= 11 is 1.77. The molecule has 1 spiro atoms. The molecule has 1 aromatic carbocycles. The molecule has 1 saturated heterocycles. The molecule has 1 unspecified atom stereocenters. The van der Waals surface area contributed by atoms with Crippen molar-refractivity contribution in [2.45, 2.75) is 62.6 Å². The van der Waals surface area contributed by atoms with Crippen molar-refractivity contribution in [3.05, 3.63) is 52.2 Å². The molecule has 1 aromatic heterocycles. The van der Waals surface area contributed by atoms with Gasteiger partial charge in [-0.05, 0) is 60.1 Å². The summed E-state index contributed by atoms with van der Waals surface area (Å²) in [6.45, 7) is 4.63. The average molecular weight is 597 g/mol. The van der Waals surface area contributed by atoms with Crippen molar-refractivity contribution >= 4 is 23.3 Å². The number of benzene rings is 1. The minimum absolute atomic E-state index is 0.0146. The van der Waals surface area contributed by atoms with E-state index in [1.54, 1.807) is 11.3 Å². The monoisotopic (exact) mass is 596 g/mol. The number of piperidine rings is 1. The van der Waals surface area contributed by atoms with Crippen LogP contribution in [0.25, 0.3) is 0 Å². The Morgan fingerprint density at radius 2 is 1.57 bits per heavy atom. The zero-order chi connectivity index (χ0) is 29.6. The highest BCUT2D eigenvalue weighted by atomic mass is 32.1. The number of alkyl halides is 6. The summed E-state index contributed by atoms with van der Waals surface area (Å²) < 4.78 is 70.1. The van der Waals surface area contributed by atoms with Crippen LogP contribution in [0.2, 0.25) is 0 Å². The van der Waals surface area contributed by atoms with Crippen LogP contribution in [0.3, 0.4) is 0 Å². The van der Waals surface area contributed by atoms with E-state index in [0.717, 1.165) is 37.5 Å². The molecule has 1 saturated carbocycles. The number of rotatable bonds is 5. The molecule has 0 radical (unpaired) electrons. The zero-order valence-electron chi connectivity index (χ0n) is 21.3. The fourth-order valence-corrected chi connectivity index (χ4v) is 5.22. The molecule has 3 heterocycles. The van der Waals surface area contributed by atoms with Crippen LogP contribution in [0, 0.1) is 5.92 Å². The van der Waals surface area contributed by atoms with Crippen LogP contribution in [0.5, 0.6) is 5.75 Å². The Morgan fingerprint density at radius 1 is 1.00 bits per heavy atom. The van der Waals surface area contributed by atoms with E-state index in [1.165, 1.54) is 43.6 Å². The maximum atomic E-state index is 10.6. The molecule has 5 rings (SSSR count). The van der Waals surface area contributed by atoms with Crippen LogP contribution in [0.4, 0.5) is 26.3 Å². The van der Waals surface area contributed by atoms with Crippen molar-refractivity contribution in [1.82, 2.24) is 10.2 Å².